The molecular formula is C100H112BrCl10N3O16S. The normalized spacial score (nSPS) is 11.8. The Kier molecular flexibility index (Phi) is 62.5. The summed E-state index contributed by atoms with van der Waals surface area (Å²) in [6.45, 7) is 18.3. The van der Waals surface area contributed by atoms with Gasteiger partial charge in [-0.2, -0.15) is 13.7 Å². The Bertz CT molecular complexity index is 5380. The molecule has 1 aromatic heterocycles. The van der Waals surface area contributed by atoms with Crippen molar-refractivity contribution in [3.8, 4) is 6.07 Å². The number of aromatic nitrogens is 1. The van der Waals surface area contributed by atoms with E-state index in [4.69, 9.17) is 152 Å². The van der Waals surface area contributed by atoms with E-state index in [0.717, 1.165) is 98.9 Å². The number of nitrogens with two attached hydrogens (primary N) is 1. The summed E-state index contributed by atoms with van der Waals surface area (Å²) in [4.78, 5) is 67.1. The standard InChI is InChI=1S/C10H10ClN.C10H13ClO3S.2C10H11ClO2.C10H13ClO.C10H11ClO.C9H7BrN2.C9H9ClO2.C9H11ClO.C8H7ClO2.C5H9ClO2/c1-8(6-7-12)9-4-2-3-5-10(9)11;1-8(7-14-15(2,12)13)9-5-3-4-6-10(9)11;1-7(10(12)13-2)8-5-3-4-6-9(8)11;1-7(6-10(12)13)8-4-2-3-5-9(8)11;2*1-8(6-7-12)9-4-2-3-5-10(9)11;10-7-3-4-8(11)9-6(7)2-1-5-12-9;1-12-9(11)6-7-4-2-3-5-8(7)10;1-7(6-11)8-4-2-3-5-9(8)10;9-7-4-2-1-3-6(7)5-8(10)11;1-4(2)3-8-5(6)7/h2-5,8H,6H2,1H3;3-6,8H,7H2,1-2H3;3-7H,1-2H3;2-5,7H,6H2,1H3,(H,12,13);2-5,8,12H,6-7H2,1H3;2-5,7-8H,6H2,1H3;1-5H,11H2;2-5H,6H2,1H3;2-5,7,11H,6H2,1H3;1-4H,5H2,(H,10,11);4H,3H2,1-2H3. The van der Waals surface area contributed by atoms with Crippen LogP contribution >= 0.6 is 132 Å². The summed E-state index contributed by atoms with van der Waals surface area (Å²) in [5.41, 5.74) is 14.9. The average molecular weight is 2080 g/mol. The summed E-state index contributed by atoms with van der Waals surface area (Å²) in [6.07, 6.45) is 5.85. The van der Waals surface area contributed by atoms with Crippen molar-refractivity contribution in [2.24, 2.45) is 5.92 Å². The Morgan fingerprint density at radius 2 is 0.847 bits per heavy atom. The minimum absolute atomic E-state index is 0.0142. The fourth-order valence-electron chi connectivity index (χ4n) is 11.1. The van der Waals surface area contributed by atoms with Crippen molar-refractivity contribution in [3.63, 3.8) is 0 Å². The number of aliphatic carboxylic acids is 2. The highest BCUT2D eigenvalue weighted by Gasteiger charge is 2.19. The van der Waals surface area contributed by atoms with Crippen LogP contribution in [0.2, 0.25) is 45.2 Å². The number of fused-ring (bicyclic) bond motifs is 1. The number of halogens is 11. The monoisotopic (exact) mass is 2070 g/mol. The number of anilines is 1. The number of aliphatic hydroxyl groups excluding tert-OH is 2. The van der Waals surface area contributed by atoms with E-state index in [0.29, 0.717) is 67.6 Å². The fraction of sp³-hybridized carbons (Fsp3) is 0.300. The van der Waals surface area contributed by atoms with Gasteiger partial charge in [-0.05, 0) is 166 Å². The lowest BCUT2D eigenvalue weighted by atomic mass is 9.98. The molecule has 10 aromatic carbocycles. The lowest BCUT2D eigenvalue weighted by Gasteiger charge is -2.12. The minimum Gasteiger partial charge on any atom is -0.481 e. The zero-order chi connectivity index (χ0) is 98.7. The lowest BCUT2D eigenvalue weighted by Crippen LogP contribution is -2.10. The molecule has 6 N–H and O–H groups in total. The van der Waals surface area contributed by atoms with Gasteiger partial charge in [-0.15, -0.1) is 0 Å². The predicted octanol–water partition coefficient (Wildman–Crippen LogP) is 28.2. The van der Waals surface area contributed by atoms with Crippen LogP contribution < -0.4 is 5.73 Å². The van der Waals surface area contributed by atoms with Crippen LogP contribution in [0.1, 0.15) is 179 Å². The van der Waals surface area contributed by atoms with Crippen LogP contribution in [0, 0.1) is 17.2 Å². The van der Waals surface area contributed by atoms with Gasteiger partial charge in [0.2, 0.25) is 0 Å². The van der Waals surface area contributed by atoms with E-state index in [1.807, 2.05) is 237 Å². The topological polar surface area (TPSA) is 317 Å². The summed E-state index contributed by atoms with van der Waals surface area (Å²) in [6, 6.07) is 76.5. The number of carbonyl (C=O) groups is 6. The maximum atomic E-state index is 11.2. The molecule has 7 unspecified atom stereocenters. The third-order valence-corrected chi connectivity index (χ3v) is 22.8. The first-order valence-electron chi connectivity index (χ1n) is 40.8. The lowest BCUT2D eigenvalue weighted by molar-refractivity contribution is -0.142. The average Bonchev–Trinajstić information content (AvgIpc) is 0.817. The molecule has 0 saturated carbocycles. The van der Waals surface area contributed by atoms with Crippen LogP contribution in [-0.4, -0.2) is 116 Å². The van der Waals surface area contributed by atoms with E-state index in [2.05, 4.69) is 48.1 Å². The molecule has 0 aliphatic heterocycles. The number of aliphatic hydroxyl groups is 2. The third kappa shape index (κ3) is 50.7. The number of pyridine rings is 1. The summed E-state index contributed by atoms with van der Waals surface area (Å²) in [7, 11) is -0.652. The molecule has 0 amide bonds. The number of carboxylic acids is 2. The first-order valence-corrected chi connectivity index (χ1v) is 47.2. The number of nitrogen functional groups attached to an aromatic ring is 1. The van der Waals surface area contributed by atoms with Crippen molar-refractivity contribution in [1.29, 1.82) is 5.26 Å². The van der Waals surface area contributed by atoms with Crippen LogP contribution in [0.4, 0.5) is 10.5 Å². The number of aldehydes is 1. The number of hydrogen-bond donors (Lipinski definition) is 5. The van der Waals surface area contributed by atoms with E-state index < -0.39 is 27.5 Å². The van der Waals surface area contributed by atoms with Crippen molar-refractivity contribution in [3.05, 3.63) is 349 Å². The molecule has 11 aromatic rings. The molecule has 11 rings (SSSR count). The zero-order valence-corrected chi connectivity index (χ0v) is 84.6. The maximum absolute atomic E-state index is 11.2. The molecule has 0 spiro atoms. The number of carbonyl (C=O) groups excluding carboxylic acids is 4. The number of methoxy groups -OCH3 is 2. The molecule has 0 bridgehead atoms. The van der Waals surface area contributed by atoms with Crippen LogP contribution in [0.15, 0.2) is 253 Å². The molecular weight excluding hydrogens is 1970 g/mol. The molecule has 0 radical (unpaired) electrons. The summed E-state index contributed by atoms with van der Waals surface area (Å²) in [5, 5.41) is 50.2. The predicted molar refractivity (Wildman–Crippen MR) is 540 cm³/mol. The number of carboxylic acid groups (broad SMARTS) is 2. The molecule has 31 heteroatoms. The molecule has 131 heavy (non-hydrogen) atoms. The number of nitrogens with zero attached hydrogens (tertiary/aromatic N) is 2. The molecule has 0 fully saturated rings. The molecule has 1 heterocycles. The molecule has 0 saturated heterocycles. The number of benzene rings is 10. The number of ether oxygens (including phenoxy) is 3. The number of nitriles is 1. The summed E-state index contributed by atoms with van der Waals surface area (Å²) < 4.78 is 40.9. The van der Waals surface area contributed by atoms with Gasteiger partial charge in [-0.3, -0.25) is 28.3 Å². The largest absolute Gasteiger partial charge is 0.481 e. The Balaban J connectivity index is 0.000000722. The Labute approximate surface area is 828 Å². The molecule has 0 aliphatic carbocycles. The Morgan fingerprint density at radius 3 is 1.18 bits per heavy atom. The molecule has 7 atom stereocenters. The van der Waals surface area contributed by atoms with Crippen LogP contribution in [-0.2, 0) is 65.3 Å². The van der Waals surface area contributed by atoms with E-state index in [9.17, 15) is 37.2 Å². The summed E-state index contributed by atoms with van der Waals surface area (Å²) >= 11 is 61.3. The van der Waals surface area contributed by atoms with Gasteiger partial charge in [0, 0.05) is 111 Å². The number of hydrogen-bond acceptors (Lipinski definition) is 17. The zero-order valence-electron chi connectivity index (χ0n) is 74.7. The van der Waals surface area contributed by atoms with Gasteiger partial charge in [0.15, 0.2) is 0 Å². The second-order valence-corrected chi connectivity index (χ2v) is 35.8. The number of esters is 2. The number of rotatable bonds is 25. The second-order valence-electron chi connectivity index (χ2n) is 29.3. The van der Waals surface area contributed by atoms with Gasteiger partial charge < -0.3 is 45.2 Å². The van der Waals surface area contributed by atoms with Crippen molar-refractivity contribution < 1.29 is 76.0 Å². The smallest absolute Gasteiger partial charge is 0.403 e. The summed E-state index contributed by atoms with van der Waals surface area (Å²) in [5.74, 6) is -1.33. The van der Waals surface area contributed by atoms with Crippen LogP contribution in [0.25, 0.3) is 10.9 Å². The first-order chi connectivity index (χ1) is 62.0. The highest BCUT2D eigenvalue weighted by atomic mass is 79.9. The Morgan fingerprint density at radius 1 is 0.473 bits per heavy atom. The van der Waals surface area contributed by atoms with Crippen molar-refractivity contribution in [2.75, 3.05) is 52.6 Å². The van der Waals surface area contributed by atoms with Crippen LogP contribution in [0.5, 0.6) is 0 Å². The van der Waals surface area contributed by atoms with Crippen molar-refractivity contribution >= 4 is 194 Å². The Hall–Kier alpha value is -8.87. The first kappa shape index (κ1) is 120. The maximum Gasteiger partial charge on any atom is 0.403 e. The van der Waals surface area contributed by atoms with Crippen molar-refractivity contribution in [1.82, 2.24) is 4.98 Å². The molecule has 0 aliphatic rings. The molecule has 19 nitrogen and oxygen atoms in total. The third-order valence-electron chi connectivity index (χ3n) is 18.3. The van der Waals surface area contributed by atoms with Gasteiger partial charge in [0.05, 0.1) is 76.1 Å². The van der Waals surface area contributed by atoms with Gasteiger partial charge in [0.1, 0.15) is 6.29 Å². The van der Waals surface area contributed by atoms with E-state index in [1.165, 1.54) is 14.2 Å². The molecule has 706 valence electrons. The highest BCUT2D eigenvalue weighted by Crippen LogP contribution is 2.33. The second kappa shape index (κ2) is 68.2. The quantitative estimate of drug-likeness (QED) is 0.00886. The van der Waals surface area contributed by atoms with Gasteiger partial charge in [-0.25, -0.2) is 4.79 Å². The van der Waals surface area contributed by atoms with Crippen molar-refractivity contribution in [2.45, 2.75) is 142 Å². The van der Waals surface area contributed by atoms with Gasteiger partial charge in [0.25, 0.3) is 10.1 Å². The van der Waals surface area contributed by atoms with Gasteiger partial charge >= 0.3 is 29.3 Å². The van der Waals surface area contributed by atoms with Crippen LogP contribution in [0.3, 0.4) is 0 Å². The highest BCUT2D eigenvalue weighted by molar-refractivity contribution is 9.10. The van der Waals surface area contributed by atoms with Gasteiger partial charge in [-0.1, -0.05) is 346 Å². The van der Waals surface area contributed by atoms with E-state index in [1.54, 1.807) is 67.7 Å². The van der Waals surface area contributed by atoms with E-state index >= 15 is 0 Å². The minimum atomic E-state index is -3.38. The SMILES string of the molecule is CC(C)COC(=O)Cl.CC(CC#N)c1ccccc1Cl.CC(CC(=O)O)c1ccccc1Cl.CC(CC=O)c1ccccc1Cl.CC(CCO)c1ccccc1Cl.CC(CO)c1ccccc1Cl.CC(COS(C)(=O)=O)c1ccccc1Cl.COC(=O)C(C)c1ccccc1Cl.COC(=O)Cc1ccccc1Cl.Nc1ccc(Br)c2cccnc12.O=C(O)Cc1ccccc1Cl. The van der Waals surface area contributed by atoms with E-state index in [-0.39, 0.29) is 86.5 Å². The fourth-order valence-corrected chi connectivity index (χ4v) is 14.7.